The molecule has 1 aliphatic rings. The highest BCUT2D eigenvalue weighted by molar-refractivity contribution is 7.98. The van der Waals surface area contributed by atoms with Crippen molar-refractivity contribution in [3.05, 3.63) is 75.6 Å². The van der Waals surface area contributed by atoms with Crippen molar-refractivity contribution >= 4 is 29.1 Å². The number of nitrogens with zero attached hydrogens (tertiary/aromatic N) is 4. The normalized spacial score (nSPS) is 14.1. The van der Waals surface area contributed by atoms with E-state index in [1.165, 1.54) is 22.0 Å². The van der Waals surface area contributed by atoms with Gasteiger partial charge in [-0.1, -0.05) is 68.1 Å². The zero-order valence-electron chi connectivity index (χ0n) is 19.0. The van der Waals surface area contributed by atoms with Gasteiger partial charge >= 0.3 is 0 Å². The fourth-order valence-electron chi connectivity index (χ4n) is 4.60. The average molecular weight is 460 g/mol. The van der Waals surface area contributed by atoms with Gasteiger partial charge < -0.3 is 5.32 Å². The molecule has 33 heavy (non-hydrogen) atoms. The molecule has 0 spiro atoms. The van der Waals surface area contributed by atoms with Crippen LogP contribution in [0.5, 0.6) is 0 Å². The number of carbonyl (C=O) groups excluding carboxylic acids is 1. The van der Waals surface area contributed by atoms with Crippen molar-refractivity contribution in [1.29, 1.82) is 0 Å². The first-order chi connectivity index (χ1) is 15.8. The first-order valence-corrected chi connectivity index (χ1v) is 12.0. The highest BCUT2D eigenvalue weighted by Crippen LogP contribution is 2.40. The molecule has 0 atom stereocenters. The number of hydrogen-bond acceptors (Lipinski definition) is 5. The van der Waals surface area contributed by atoms with Crippen molar-refractivity contribution in [2.45, 2.75) is 44.3 Å². The SMILES string of the molecule is CSc1nn(CC(=O)Nc2ccccc2C)c2nc3c(c(=O)n12)C(C)(C)Cc1ccccc1-3. The predicted octanol–water partition coefficient (Wildman–Crippen LogP) is 4.06. The van der Waals surface area contributed by atoms with Gasteiger partial charge in [-0.2, -0.15) is 0 Å². The van der Waals surface area contributed by atoms with E-state index in [0.717, 1.165) is 23.2 Å². The molecule has 1 amide bonds. The van der Waals surface area contributed by atoms with E-state index in [4.69, 9.17) is 4.98 Å². The Labute approximate surface area is 195 Å². The second-order valence-electron chi connectivity index (χ2n) is 9.00. The molecule has 0 unspecified atom stereocenters. The van der Waals surface area contributed by atoms with Gasteiger partial charge in [0.25, 0.3) is 5.56 Å². The van der Waals surface area contributed by atoms with E-state index >= 15 is 0 Å². The van der Waals surface area contributed by atoms with Crippen molar-refractivity contribution in [3.63, 3.8) is 0 Å². The van der Waals surface area contributed by atoms with E-state index in [-0.39, 0.29) is 23.4 Å². The molecular formula is C25H25N5O2S. The minimum Gasteiger partial charge on any atom is -0.324 e. The first-order valence-electron chi connectivity index (χ1n) is 10.8. The Balaban J connectivity index is 1.65. The van der Waals surface area contributed by atoms with Crippen LogP contribution in [0.1, 0.15) is 30.5 Å². The molecule has 0 bridgehead atoms. The summed E-state index contributed by atoms with van der Waals surface area (Å²) in [6.45, 7) is 6.05. The van der Waals surface area contributed by atoms with Gasteiger partial charge in [-0.05, 0) is 36.8 Å². The van der Waals surface area contributed by atoms with E-state index < -0.39 is 0 Å². The van der Waals surface area contributed by atoms with Crippen LogP contribution in [-0.2, 0) is 23.2 Å². The molecule has 2 heterocycles. The molecule has 5 rings (SSSR count). The minimum absolute atomic E-state index is 0.0470. The highest BCUT2D eigenvalue weighted by atomic mass is 32.2. The summed E-state index contributed by atoms with van der Waals surface area (Å²) in [5.74, 6) is 0.144. The molecule has 0 saturated carbocycles. The van der Waals surface area contributed by atoms with Crippen LogP contribution in [0.25, 0.3) is 17.0 Å². The van der Waals surface area contributed by atoms with Gasteiger partial charge in [-0.25, -0.2) is 14.1 Å². The van der Waals surface area contributed by atoms with Crippen LogP contribution >= 0.6 is 11.8 Å². The van der Waals surface area contributed by atoms with Gasteiger partial charge in [-0.3, -0.25) is 9.59 Å². The lowest BCUT2D eigenvalue weighted by Crippen LogP contribution is -2.36. The fraction of sp³-hybridized carbons (Fsp3) is 0.280. The van der Waals surface area contributed by atoms with Gasteiger partial charge in [-0.15, -0.1) is 5.10 Å². The second-order valence-corrected chi connectivity index (χ2v) is 9.77. The number of benzene rings is 2. The minimum atomic E-state index is -0.366. The van der Waals surface area contributed by atoms with E-state index in [2.05, 4.69) is 30.3 Å². The van der Waals surface area contributed by atoms with Gasteiger partial charge in [0, 0.05) is 16.7 Å². The Morgan fingerprint density at radius 3 is 2.64 bits per heavy atom. The van der Waals surface area contributed by atoms with E-state index in [1.54, 1.807) is 4.40 Å². The quantitative estimate of drug-likeness (QED) is 0.466. The molecule has 0 radical (unpaired) electrons. The van der Waals surface area contributed by atoms with Gasteiger partial charge in [0.1, 0.15) is 6.54 Å². The van der Waals surface area contributed by atoms with E-state index in [9.17, 15) is 9.59 Å². The summed E-state index contributed by atoms with van der Waals surface area (Å²) in [6, 6.07) is 15.7. The molecule has 4 aromatic rings. The van der Waals surface area contributed by atoms with Gasteiger partial charge in [0.05, 0.1) is 11.3 Å². The number of nitrogens with one attached hydrogen (secondary N) is 1. The van der Waals surface area contributed by atoms with Crippen LogP contribution in [0.4, 0.5) is 5.69 Å². The third-order valence-electron chi connectivity index (χ3n) is 6.17. The number of carbonyl (C=O) groups is 1. The topological polar surface area (TPSA) is 81.3 Å². The van der Waals surface area contributed by atoms with Gasteiger partial charge in [0.2, 0.25) is 11.7 Å². The summed E-state index contributed by atoms with van der Waals surface area (Å²) in [4.78, 5) is 31.6. The summed E-state index contributed by atoms with van der Waals surface area (Å²) in [7, 11) is 0. The Morgan fingerprint density at radius 1 is 1.15 bits per heavy atom. The van der Waals surface area contributed by atoms with E-state index in [1.807, 2.05) is 55.6 Å². The molecule has 2 aromatic carbocycles. The molecule has 0 aliphatic heterocycles. The monoisotopic (exact) mass is 459 g/mol. The summed E-state index contributed by atoms with van der Waals surface area (Å²) in [6.07, 6.45) is 2.63. The Hall–Kier alpha value is -3.39. The van der Waals surface area contributed by atoms with Crippen molar-refractivity contribution in [1.82, 2.24) is 19.2 Å². The van der Waals surface area contributed by atoms with E-state index in [0.29, 0.717) is 22.2 Å². The molecular weight excluding hydrogens is 434 g/mol. The molecule has 1 aliphatic carbocycles. The molecule has 2 aromatic heterocycles. The number of amides is 1. The van der Waals surface area contributed by atoms with Crippen molar-refractivity contribution in [2.75, 3.05) is 11.6 Å². The van der Waals surface area contributed by atoms with Crippen LogP contribution in [0.2, 0.25) is 0 Å². The molecule has 7 nitrogen and oxygen atoms in total. The maximum Gasteiger partial charge on any atom is 0.265 e. The van der Waals surface area contributed by atoms with Crippen LogP contribution < -0.4 is 10.9 Å². The van der Waals surface area contributed by atoms with Crippen molar-refractivity contribution in [2.24, 2.45) is 0 Å². The molecule has 8 heteroatoms. The van der Waals surface area contributed by atoms with Crippen molar-refractivity contribution in [3.8, 4) is 11.3 Å². The van der Waals surface area contributed by atoms with Crippen LogP contribution in [0.3, 0.4) is 0 Å². The summed E-state index contributed by atoms with van der Waals surface area (Å²) >= 11 is 1.36. The Morgan fingerprint density at radius 2 is 1.88 bits per heavy atom. The maximum atomic E-state index is 13.8. The molecule has 1 N–H and O–H groups in total. The highest BCUT2D eigenvalue weighted by Gasteiger charge is 2.36. The number of para-hydroxylation sites is 1. The predicted molar refractivity (Wildman–Crippen MR) is 131 cm³/mol. The molecule has 0 fully saturated rings. The summed E-state index contributed by atoms with van der Waals surface area (Å²) in [5, 5.41) is 8.02. The summed E-state index contributed by atoms with van der Waals surface area (Å²) in [5.41, 5.74) is 4.75. The summed E-state index contributed by atoms with van der Waals surface area (Å²) < 4.78 is 3.06. The van der Waals surface area contributed by atoms with Crippen molar-refractivity contribution < 1.29 is 4.79 Å². The largest absolute Gasteiger partial charge is 0.324 e. The lowest BCUT2D eigenvalue weighted by Gasteiger charge is -2.32. The molecule has 0 saturated heterocycles. The Bertz CT molecular complexity index is 1470. The number of hydrogen-bond donors (Lipinski definition) is 1. The maximum absolute atomic E-state index is 13.8. The lowest BCUT2D eigenvalue weighted by molar-refractivity contribution is -0.116. The first kappa shape index (κ1) is 21.5. The number of rotatable bonds is 4. The number of anilines is 1. The van der Waals surface area contributed by atoms with Crippen LogP contribution in [0.15, 0.2) is 58.5 Å². The second kappa shape index (κ2) is 7.88. The zero-order chi connectivity index (χ0) is 23.3. The average Bonchev–Trinajstić information content (AvgIpc) is 3.12. The number of aryl methyl sites for hydroxylation is 1. The third-order valence-corrected chi connectivity index (χ3v) is 6.80. The van der Waals surface area contributed by atoms with Gasteiger partial charge in [0.15, 0.2) is 5.16 Å². The lowest BCUT2D eigenvalue weighted by atomic mass is 9.72. The fourth-order valence-corrected chi connectivity index (χ4v) is 5.13. The number of fused-ring (bicyclic) bond motifs is 4. The zero-order valence-corrected chi connectivity index (χ0v) is 19.9. The third kappa shape index (κ3) is 3.54. The standard InChI is InChI=1S/C25H25N5O2S/c1-15-9-5-8-12-18(15)26-19(31)14-29-23-27-21-17-11-7-6-10-16(17)13-25(2,3)20(21)22(32)30(23)24(28-29)33-4/h5-12H,13-14H2,1-4H3,(H,26,31). The number of aromatic nitrogens is 4. The van der Waals surface area contributed by atoms with Crippen LogP contribution in [-0.4, -0.2) is 31.3 Å². The van der Waals surface area contributed by atoms with Crippen LogP contribution in [0, 0.1) is 6.92 Å². The molecule has 168 valence electrons. The smallest absolute Gasteiger partial charge is 0.265 e. The Kier molecular flexibility index (Phi) is 5.12. The number of thioether (sulfide) groups is 1.